The first kappa shape index (κ1) is 11.6. The number of benzene rings is 1. The average molecular weight is 251 g/mol. The van der Waals surface area contributed by atoms with Gasteiger partial charge in [-0.15, -0.1) is 22.0 Å². The molecule has 0 spiro atoms. The summed E-state index contributed by atoms with van der Waals surface area (Å²) in [5.74, 6) is 0. The molecule has 0 saturated heterocycles. The molecule has 0 aliphatic heterocycles. The third-order valence-electron chi connectivity index (χ3n) is 2.17. The minimum Gasteiger partial charge on any atom is -0.322 e. The summed E-state index contributed by atoms with van der Waals surface area (Å²) >= 11 is 3.28. The summed E-state index contributed by atoms with van der Waals surface area (Å²) in [6.45, 7) is 1.92. The van der Waals surface area contributed by atoms with Gasteiger partial charge in [-0.25, -0.2) is 0 Å². The van der Waals surface area contributed by atoms with Gasteiger partial charge < -0.3 is 5.73 Å². The van der Waals surface area contributed by atoms with E-state index in [4.69, 9.17) is 5.73 Å². The third kappa shape index (κ3) is 2.42. The van der Waals surface area contributed by atoms with Gasteiger partial charge in [0.2, 0.25) is 0 Å². The second-order valence-electron chi connectivity index (χ2n) is 3.46. The van der Waals surface area contributed by atoms with Gasteiger partial charge in [0, 0.05) is 10.5 Å². The molecular weight excluding hydrogens is 238 g/mol. The Labute approximate surface area is 103 Å². The van der Waals surface area contributed by atoms with Crippen LogP contribution in [0.4, 0.5) is 0 Å². The van der Waals surface area contributed by atoms with Crippen molar-refractivity contribution in [1.29, 1.82) is 0 Å². The van der Waals surface area contributed by atoms with Crippen LogP contribution in [0.3, 0.4) is 0 Å². The van der Waals surface area contributed by atoms with Gasteiger partial charge in [0.25, 0.3) is 0 Å². The standard InChI is InChI=1S/C11H13N3S2/c1-7(12)10-13-14-11(16-10)8-3-5-9(15-2)6-4-8/h3-7H,12H2,1-2H3. The summed E-state index contributed by atoms with van der Waals surface area (Å²) in [6, 6.07) is 8.27. The predicted octanol–water partition coefficient (Wildman–Crippen LogP) is 2.95. The van der Waals surface area contributed by atoms with Crippen molar-refractivity contribution in [3.05, 3.63) is 29.3 Å². The molecule has 16 heavy (non-hydrogen) atoms. The Morgan fingerprint density at radius 3 is 2.44 bits per heavy atom. The molecule has 1 unspecified atom stereocenters. The van der Waals surface area contributed by atoms with Gasteiger partial charge in [-0.2, -0.15) is 0 Å². The zero-order chi connectivity index (χ0) is 11.5. The van der Waals surface area contributed by atoms with Crippen LogP contribution in [0.1, 0.15) is 18.0 Å². The van der Waals surface area contributed by atoms with Gasteiger partial charge in [-0.1, -0.05) is 23.5 Å². The highest BCUT2D eigenvalue weighted by Gasteiger charge is 2.09. The zero-order valence-electron chi connectivity index (χ0n) is 9.18. The van der Waals surface area contributed by atoms with E-state index in [0.29, 0.717) is 0 Å². The van der Waals surface area contributed by atoms with Crippen molar-refractivity contribution in [2.75, 3.05) is 6.26 Å². The topological polar surface area (TPSA) is 51.8 Å². The summed E-state index contributed by atoms with van der Waals surface area (Å²) in [7, 11) is 0. The molecule has 1 aromatic carbocycles. The number of aromatic nitrogens is 2. The maximum atomic E-state index is 5.76. The lowest BCUT2D eigenvalue weighted by molar-refractivity contribution is 0.786. The number of rotatable bonds is 3. The molecule has 2 N–H and O–H groups in total. The average Bonchev–Trinajstić information content (AvgIpc) is 2.78. The van der Waals surface area contributed by atoms with Crippen molar-refractivity contribution < 1.29 is 0 Å². The van der Waals surface area contributed by atoms with E-state index in [1.54, 1.807) is 23.1 Å². The predicted molar refractivity (Wildman–Crippen MR) is 69.7 cm³/mol. The first-order valence-corrected chi connectivity index (χ1v) is 6.98. The molecule has 1 heterocycles. The number of thioether (sulfide) groups is 1. The number of hydrogen-bond acceptors (Lipinski definition) is 5. The molecule has 0 radical (unpaired) electrons. The van der Waals surface area contributed by atoms with Crippen molar-refractivity contribution in [3.8, 4) is 10.6 Å². The van der Waals surface area contributed by atoms with Gasteiger partial charge in [-0.05, 0) is 25.3 Å². The molecule has 0 amide bonds. The molecule has 2 aromatic rings. The van der Waals surface area contributed by atoms with E-state index < -0.39 is 0 Å². The molecule has 0 aliphatic carbocycles. The van der Waals surface area contributed by atoms with Crippen molar-refractivity contribution in [3.63, 3.8) is 0 Å². The van der Waals surface area contributed by atoms with Crippen LogP contribution in [0.15, 0.2) is 29.2 Å². The lowest BCUT2D eigenvalue weighted by atomic mass is 10.2. The third-order valence-corrected chi connectivity index (χ3v) is 4.08. The van der Waals surface area contributed by atoms with Gasteiger partial charge in [0.05, 0.1) is 6.04 Å². The minimum atomic E-state index is -0.0447. The van der Waals surface area contributed by atoms with E-state index in [1.165, 1.54) is 4.90 Å². The van der Waals surface area contributed by atoms with Crippen LogP contribution in [-0.2, 0) is 0 Å². The molecule has 3 nitrogen and oxygen atoms in total. The van der Waals surface area contributed by atoms with E-state index >= 15 is 0 Å². The summed E-state index contributed by atoms with van der Waals surface area (Å²) in [5, 5.41) is 10.0. The number of nitrogens with zero attached hydrogens (tertiary/aromatic N) is 2. The molecule has 0 saturated carbocycles. The van der Waals surface area contributed by atoms with E-state index in [0.717, 1.165) is 15.6 Å². The van der Waals surface area contributed by atoms with Gasteiger partial charge in [-0.3, -0.25) is 0 Å². The van der Waals surface area contributed by atoms with Crippen LogP contribution < -0.4 is 5.73 Å². The van der Waals surface area contributed by atoms with E-state index in [-0.39, 0.29) is 6.04 Å². The van der Waals surface area contributed by atoms with E-state index in [1.807, 2.05) is 6.92 Å². The van der Waals surface area contributed by atoms with Gasteiger partial charge in [0.15, 0.2) is 0 Å². The van der Waals surface area contributed by atoms with Gasteiger partial charge in [0.1, 0.15) is 10.0 Å². The molecule has 0 fully saturated rings. The molecule has 84 valence electrons. The summed E-state index contributed by atoms with van der Waals surface area (Å²) in [5.41, 5.74) is 6.85. The number of hydrogen-bond donors (Lipinski definition) is 1. The maximum Gasteiger partial charge on any atom is 0.147 e. The normalized spacial score (nSPS) is 12.7. The zero-order valence-corrected chi connectivity index (χ0v) is 10.8. The fraction of sp³-hybridized carbons (Fsp3) is 0.273. The van der Waals surface area contributed by atoms with Crippen LogP contribution >= 0.6 is 23.1 Å². The first-order chi connectivity index (χ1) is 7.70. The monoisotopic (exact) mass is 251 g/mol. The first-order valence-electron chi connectivity index (χ1n) is 4.94. The lowest BCUT2D eigenvalue weighted by Crippen LogP contribution is -2.03. The van der Waals surface area contributed by atoms with Crippen molar-refractivity contribution in [2.45, 2.75) is 17.9 Å². The Bertz CT molecular complexity index is 462. The smallest absolute Gasteiger partial charge is 0.147 e. The second kappa shape index (κ2) is 4.95. The van der Waals surface area contributed by atoms with Crippen LogP contribution in [0.2, 0.25) is 0 Å². The van der Waals surface area contributed by atoms with Crippen molar-refractivity contribution >= 4 is 23.1 Å². The Morgan fingerprint density at radius 2 is 1.94 bits per heavy atom. The molecule has 1 aromatic heterocycles. The largest absolute Gasteiger partial charge is 0.322 e. The Balaban J connectivity index is 2.28. The molecular formula is C11H13N3S2. The summed E-state index contributed by atoms with van der Waals surface area (Å²) in [4.78, 5) is 1.25. The maximum absolute atomic E-state index is 5.76. The highest BCUT2D eigenvalue weighted by atomic mass is 32.2. The fourth-order valence-corrected chi connectivity index (χ4v) is 2.48. The molecule has 0 aliphatic rings. The van der Waals surface area contributed by atoms with Gasteiger partial charge >= 0.3 is 0 Å². The quantitative estimate of drug-likeness (QED) is 0.852. The van der Waals surface area contributed by atoms with Crippen molar-refractivity contribution in [1.82, 2.24) is 10.2 Å². The minimum absolute atomic E-state index is 0.0447. The summed E-state index contributed by atoms with van der Waals surface area (Å²) < 4.78 is 0. The van der Waals surface area contributed by atoms with E-state index in [2.05, 4.69) is 40.7 Å². The summed E-state index contributed by atoms with van der Waals surface area (Å²) in [6.07, 6.45) is 2.06. The number of nitrogens with two attached hydrogens (primary N) is 1. The van der Waals surface area contributed by atoms with Crippen LogP contribution in [0.25, 0.3) is 10.6 Å². The fourth-order valence-electron chi connectivity index (χ4n) is 1.27. The molecule has 5 heteroatoms. The van der Waals surface area contributed by atoms with Crippen molar-refractivity contribution in [2.24, 2.45) is 5.73 Å². The SMILES string of the molecule is CSc1ccc(-c2nnc(C(C)N)s2)cc1. The van der Waals surface area contributed by atoms with E-state index in [9.17, 15) is 0 Å². The molecule has 2 rings (SSSR count). The second-order valence-corrected chi connectivity index (χ2v) is 5.35. The van der Waals surface area contributed by atoms with Crippen LogP contribution in [0.5, 0.6) is 0 Å². The lowest BCUT2D eigenvalue weighted by Gasteiger charge is -1.98. The Morgan fingerprint density at radius 1 is 1.25 bits per heavy atom. The van der Waals surface area contributed by atoms with Crippen LogP contribution in [-0.4, -0.2) is 16.5 Å². The Kier molecular flexibility index (Phi) is 3.58. The Hall–Kier alpha value is -0.910. The highest BCUT2D eigenvalue weighted by Crippen LogP contribution is 2.27. The van der Waals surface area contributed by atoms with Crippen LogP contribution in [0, 0.1) is 0 Å². The molecule has 0 bridgehead atoms. The molecule has 1 atom stereocenters. The highest BCUT2D eigenvalue weighted by molar-refractivity contribution is 7.98.